The van der Waals surface area contributed by atoms with Crippen LogP contribution in [0.3, 0.4) is 0 Å². The van der Waals surface area contributed by atoms with Gasteiger partial charge in [-0.1, -0.05) is 6.58 Å². The van der Waals surface area contributed by atoms with Crippen LogP contribution in [0.4, 0.5) is 0 Å². The summed E-state index contributed by atoms with van der Waals surface area (Å²) in [6, 6.07) is 0. The van der Waals surface area contributed by atoms with Gasteiger partial charge in [-0.05, 0) is 13.0 Å². The molecule has 0 bridgehead atoms. The summed E-state index contributed by atoms with van der Waals surface area (Å²) in [4.78, 5) is 0. The molecule has 0 aliphatic heterocycles. The van der Waals surface area contributed by atoms with Gasteiger partial charge in [0.25, 0.3) is 0 Å². The van der Waals surface area contributed by atoms with Crippen molar-refractivity contribution in [1.82, 2.24) is 0 Å². The van der Waals surface area contributed by atoms with Crippen molar-refractivity contribution >= 4 is 12.1 Å². The summed E-state index contributed by atoms with van der Waals surface area (Å²) >= 11 is 0. The maximum absolute atomic E-state index is 5.14. The molecule has 0 heterocycles. The standard InChI is InChI=1S/C5H9N3/c1-3-4-7-8-5(2)6/h3-4H,1H2,2H3,(H2,6,8)/b7-4-. The number of hydrogen-bond acceptors (Lipinski definition) is 2. The molecule has 3 nitrogen and oxygen atoms in total. The van der Waals surface area contributed by atoms with Gasteiger partial charge in [0.15, 0.2) is 0 Å². The van der Waals surface area contributed by atoms with E-state index in [1.54, 1.807) is 6.92 Å². The van der Waals surface area contributed by atoms with Crippen LogP contribution in [0.2, 0.25) is 0 Å². The van der Waals surface area contributed by atoms with E-state index >= 15 is 0 Å². The summed E-state index contributed by atoms with van der Waals surface area (Å²) in [6.07, 6.45) is 3.00. The minimum Gasteiger partial charge on any atom is -0.386 e. The van der Waals surface area contributed by atoms with Crippen LogP contribution in [-0.2, 0) is 0 Å². The van der Waals surface area contributed by atoms with Crippen LogP contribution < -0.4 is 5.73 Å². The molecule has 0 aromatic rings. The third kappa shape index (κ3) is 4.88. The molecule has 44 valence electrons. The van der Waals surface area contributed by atoms with Crippen LogP contribution in [0.5, 0.6) is 0 Å². The van der Waals surface area contributed by atoms with E-state index in [1.807, 2.05) is 0 Å². The van der Waals surface area contributed by atoms with Crippen LogP contribution in [-0.4, -0.2) is 12.1 Å². The molecule has 0 unspecified atom stereocenters. The highest BCUT2D eigenvalue weighted by atomic mass is 15.2. The van der Waals surface area contributed by atoms with Crippen molar-refractivity contribution in [2.45, 2.75) is 6.92 Å². The maximum Gasteiger partial charge on any atom is 0.119 e. The zero-order valence-electron chi connectivity index (χ0n) is 4.83. The molecule has 8 heavy (non-hydrogen) atoms. The van der Waals surface area contributed by atoms with Gasteiger partial charge in [0, 0.05) is 6.21 Å². The summed E-state index contributed by atoms with van der Waals surface area (Å²) in [5, 5.41) is 7.02. The van der Waals surface area contributed by atoms with Crippen LogP contribution >= 0.6 is 0 Å². The first kappa shape index (κ1) is 6.88. The van der Waals surface area contributed by atoms with Crippen molar-refractivity contribution in [3.05, 3.63) is 12.7 Å². The average molecular weight is 111 g/mol. The molecule has 0 saturated heterocycles. The predicted molar refractivity (Wildman–Crippen MR) is 36.0 cm³/mol. The van der Waals surface area contributed by atoms with Crippen molar-refractivity contribution in [3.8, 4) is 0 Å². The molecule has 3 heteroatoms. The quantitative estimate of drug-likeness (QED) is 0.315. The Morgan fingerprint density at radius 3 is 2.75 bits per heavy atom. The smallest absolute Gasteiger partial charge is 0.119 e. The zero-order chi connectivity index (χ0) is 6.41. The second-order valence-electron chi connectivity index (χ2n) is 1.24. The molecule has 0 radical (unpaired) electrons. The Balaban J connectivity index is 3.57. The van der Waals surface area contributed by atoms with Crippen molar-refractivity contribution in [2.24, 2.45) is 15.9 Å². The average Bonchev–Trinajstić information content (AvgIpc) is 1.66. The largest absolute Gasteiger partial charge is 0.386 e. The number of allylic oxidation sites excluding steroid dienone is 1. The van der Waals surface area contributed by atoms with E-state index in [-0.39, 0.29) is 0 Å². The summed E-state index contributed by atoms with van der Waals surface area (Å²) < 4.78 is 0. The van der Waals surface area contributed by atoms with Crippen molar-refractivity contribution in [2.75, 3.05) is 0 Å². The lowest BCUT2D eigenvalue weighted by Crippen LogP contribution is -2.03. The van der Waals surface area contributed by atoms with Gasteiger partial charge in [0.05, 0.1) is 0 Å². The Bertz CT molecular complexity index is 120. The Morgan fingerprint density at radius 1 is 1.75 bits per heavy atom. The SMILES string of the molecule is C=C/C=N\N=C(/C)N. The Labute approximate surface area is 48.6 Å². The molecule has 0 aromatic heterocycles. The highest BCUT2D eigenvalue weighted by Crippen LogP contribution is 1.68. The van der Waals surface area contributed by atoms with Crippen molar-refractivity contribution < 1.29 is 0 Å². The highest BCUT2D eigenvalue weighted by molar-refractivity contribution is 5.78. The van der Waals surface area contributed by atoms with Crippen molar-refractivity contribution in [1.29, 1.82) is 0 Å². The zero-order valence-corrected chi connectivity index (χ0v) is 4.83. The number of amidine groups is 1. The van der Waals surface area contributed by atoms with E-state index in [4.69, 9.17) is 5.73 Å². The molecule has 0 aliphatic rings. The Hall–Kier alpha value is -1.12. The molecule has 0 saturated carbocycles. The number of nitrogens with two attached hydrogens (primary N) is 1. The van der Waals surface area contributed by atoms with Crippen LogP contribution in [0.1, 0.15) is 6.92 Å². The first-order valence-electron chi connectivity index (χ1n) is 2.21. The molecule has 0 aromatic carbocycles. The first-order valence-corrected chi connectivity index (χ1v) is 2.21. The van der Waals surface area contributed by atoms with Gasteiger partial charge < -0.3 is 5.73 Å². The molecule has 0 amide bonds. The number of hydrogen-bond donors (Lipinski definition) is 1. The summed E-state index contributed by atoms with van der Waals surface area (Å²) in [5.41, 5.74) is 5.14. The minimum absolute atomic E-state index is 0.447. The van der Waals surface area contributed by atoms with E-state index in [0.29, 0.717) is 5.84 Å². The number of nitrogens with zero attached hydrogens (tertiary/aromatic N) is 2. The van der Waals surface area contributed by atoms with E-state index in [9.17, 15) is 0 Å². The molecule has 0 fully saturated rings. The molecular formula is C5H9N3. The van der Waals surface area contributed by atoms with E-state index < -0.39 is 0 Å². The fourth-order valence-electron chi connectivity index (χ4n) is 0.172. The van der Waals surface area contributed by atoms with E-state index in [2.05, 4.69) is 16.8 Å². The third-order valence-electron chi connectivity index (χ3n) is 0.388. The molecule has 0 rings (SSSR count). The second-order valence-corrected chi connectivity index (χ2v) is 1.24. The van der Waals surface area contributed by atoms with Gasteiger partial charge in [-0.3, -0.25) is 0 Å². The minimum atomic E-state index is 0.447. The lowest BCUT2D eigenvalue weighted by molar-refractivity contribution is 1.23. The third-order valence-corrected chi connectivity index (χ3v) is 0.388. The maximum atomic E-state index is 5.14. The van der Waals surface area contributed by atoms with Gasteiger partial charge in [-0.25, -0.2) is 0 Å². The van der Waals surface area contributed by atoms with Gasteiger partial charge in [-0.2, -0.15) is 5.10 Å². The monoisotopic (exact) mass is 111 g/mol. The summed E-state index contributed by atoms with van der Waals surface area (Å²) in [5.74, 6) is 0.447. The van der Waals surface area contributed by atoms with Gasteiger partial charge in [-0.15, -0.1) is 5.10 Å². The topological polar surface area (TPSA) is 50.7 Å². The summed E-state index contributed by atoms with van der Waals surface area (Å²) in [6.45, 7) is 5.07. The lowest BCUT2D eigenvalue weighted by atomic mass is 10.7. The summed E-state index contributed by atoms with van der Waals surface area (Å²) in [7, 11) is 0. The van der Waals surface area contributed by atoms with Gasteiger partial charge >= 0.3 is 0 Å². The van der Waals surface area contributed by atoms with Gasteiger partial charge in [0.1, 0.15) is 5.84 Å². The Kier molecular flexibility index (Phi) is 3.48. The van der Waals surface area contributed by atoms with Gasteiger partial charge in [0.2, 0.25) is 0 Å². The Morgan fingerprint density at radius 2 is 2.38 bits per heavy atom. The van der Waals surface area contributed by atoms with Crippen molar-refractivity contribution in [3.63, 3.8) is 0 Å². The molecular weight excluding hydrogens is 102 g/mol. The fourth-order valence-corrected chi connectivity index (χ4v) is 0.172. The molecule has 2 N–H and O–H groups in total. The molecule has 0 aliphatic carbocycles. The second kappa shape index (κ2) is 4.05. The van der Waals surface area contributed by atoms with Crippen LogP contribution in [0.25, 0.3) is 0 Å². The lowest BCUT2D eigenvalue weighted by Gasteiger charge is -1.78. The number of rotatable bonds is 2. The molecule has 0 spiro atoms. The van der Waals surface area contributed by atoms with Crippen LogP contribution in [0.15, 0.2) is 22.9 Å². The van der Waals surface area contributed by atoms with Crippen LogP contribution in [0, 0.1) is 0 Å². The first-order chi connectivity index (χ1) is 3.77. The highest BCUT2D eigenvalue weighted by Gasteiger charge is 1.68. The molecule has 0 atom stereocenters. The fraction of sp³-hybridized carbons (Fsp3) is 0.200. The predicted octanol–water partition coefficient (Wildman–Crippen LogP) is 0.535. The van der Waals surface area contributed by atoms with E-state index in [1.165, 1.54) is 12.3 Å². The van der Waals surface area contributed by atoms with E-state index in [0.717, 1.165) is 0 Å². The normalized spacial score (nSPS) is 12.4.